The number of rotatable bonds is 8. The van der Waals surface area contributed by atoms with E-state index in [1.165, 1.54) is 29.7 Å². The van der Waals surface area contributed by atoms with Crippen LogP contribution in [0.3, 0.4) is 0 Å². The Morgan fingerprint density at radius 3 is 2.70 bits per heavy atom. The summed E-state index contributed by atoms with van der Waals surface area (Å²) < 4.78 is 33.0. The van der Waals surface area contributed by atoms with Crippen LogP contribution in [0.5, 0.6) is 5.75 Å². The Morgan fingerprint density at radius 1 is 1.35 bits per heavy atom. The molecule has 0 fully saturated rings. The molecule has 0 amide bonds. The fourth-order valence-corrected chi connectivity index (χ4v) is 2.37. The van der Waals surface area contributed by atoms with E-state index in [4.69, 9.17) is 10.5 Å². The third-order valence-corrected chi connectivity index (χ3v) is 3.68. The molecule has 0 aliphatic heterocycles. The van der Waals surface area contributed by atoms with Crippen molar-refractivity contribution < 1.29 is 13.5 Å². The molecule has 2 aromatic rings. The maximum absolute atomic E-state index is 13.9. The lowest BCUT2D eigenvalue weighted by Crippen LogP contribution is -2.02. The van der Waals surface area contributed by atoms with Crippen LogP contribution in [0.25, 0.3) is 0 Å². The first-order valence-corrected chi connectivity index (χ1v) is 8.10. The highest BCUT2D eigenvalue weighted by atomic mass is 32.1. The Morgan fingerprint density at radius 2 is 2.09 bits per heavy atom. The van der Waals surface area contributed by atoms with Crippen LogP contribution in [0, 0.1) is 11.6 Å². The molecule has 23 heavy (non-hydrogen) atoms. The largest absolute Gasteiger partial charge is 0.488 e. The Balaban J connectivity index is 1.98. The van der Waals surface area contributed by atoms with Crippen molar-refractivity contribution in [2.45, 2.75) is 26.2 Å². The highest BCUT2D eigenvalue weighted by Gasteiger charge is 2.12. The molecule has 0 atom stereocenters. The molecule has 0 saturated carbocycles. The molecule has 1 aromatic heterocycles. The number of nitrogens with two attached hydrogens (primary N) is 1. The summed E-state index contributed by atoms with van der Waals surface area (Å²) in [5.74, 6) is -1.46. The number of hydrogen-bond donors (Lipinski definition) is 2. The standard InChI is InChI=1S/C15H18F2N4OS/c1-2-3-4-5-22-14-11(16)6-10(7-12(14)17)8-19-21-15-20-13(18)9-23-15/h6-9H,2-5,18H2,1H3,(H,20,21). The van der Waals surface area contributed by atoms with Gasteiger partial charge in [-0.3, -0.25) is 5.43 Å². The molecule has 8 heteroatoms. The predicted molar refractivity (Wildman–Crippen MR) is 89.1 cm³/mol. The Labute approximate surface area is 137 Å². The fourth-order valence-electron chi connectivity index (χ4n) is 1.82. The number of ether oxygens (including phenoxy) is 1. The maximum atomic E-state index is 13.9. The molecule has 0 radical (unpaired) electrons. The molecular weight excluding hydrogens is 322 g/mol. The first kappa shape index (κ1) is 17.1. The van der Waals surface area contributed by atoms with Gasteiger partial charge in [0.25, 0.3) is 0 Å². The van der Waals surface area contributed by atoms with E-state index in [-0.39, 0.29) is 11.3 Å². The summed E-state index contributed by atoms with van der Waals surface area (Å²) in [5.41, 5.74) is 8.38. The van der Waals surface area contributed by atoms with Gasteiger partial charge in [0.2, 0.25) is 5.13 Å². The van der Waals surface area contributed by atoms with E-state index in [1.54, 1.807) is 5.38 Å². The van der Waals surface area contributed by atoms with Crippen LogP contribution in [0.2, 0.25) is 0 Å². The maximum Gasteiger partial charge on any atom is 0.205 e. The third kappa shape index (κ3) is 5.17. The minimum absolute atomic E-state index is 0.276. The quantitative estimate of drug-likeness (QED) is 0.432. The van der Waals surface area contributed by atoms with Crippen LogP contribution in [0.15, 0.2) is 22.6 Å². The van der Waals surface area contributed by atoms with E-state index in [2.05, 4.69) is 15.5 Å². The van der Waals surface area contributed by atoms with Gasteiger partial charge in [-0.2, -0.15) is 5.10 Å². The van der Waals surface area contributed by atoms with E-state index in [0.717, 1.165) is 19.3 Å². The lowest BCUT2D eigenvalue weighted by Gasteiger charge is -2.08. The summed E-state index contributed by atoms with van der Waals surface area (Å²) >= 11 is 1.28. The predicted octanol–water partition coefficient (Wildman–Crippen LogP) is 4.02. The molecule has 0 aliphatic carbocycles. The van der Waals surface area contributed by atoms with Gasteiger partial charge in [0.05, 0.1) is 12.8 Å². The highest BCUT2D eigenvalue weighted by Crippen LogP contribution is 2.23. The zero-order chi connectivity index (χ0) is 16.7. The number of halogens is 2. The number of aromatic nitrogens is 1. The summed E-state index contributed by atoms with van der Waals surface area (Å²) in [5, 5.41) is 6.02. The van der Waals surface area contributed by atoms with Gasteiger partial charge in [-0.25, -0.2) is 13.8 Å². The highest BCUT2D eigenvalue weighted by molar-refractivity contribution is 7.14. The third-order valence-electron chi connectivity index (χ3n) is 2.91. The van der Waals surface area contributed by atoms with E-state index in [0.29, 0.717) is 17.6 Å². The van der Waals surface area contributed by atoms with Crippen molar-refractivity contribution in [3.8, 4) is 5.75 Å². The second-order valence-electron chi connectivity index (χ2n) is 4.82. The van der Waals surface area contributed by atoms with Crippen molar-refractivity contribution in [2.75, 3.05) is 17.8 Å². The molecule has 2 rings (SSSR count). The Bertz CT molecular complexity index is 652. The molecule has 3 N–H and O–H groups in total. The second kappa shape index (κ2) is 8.42. The number of thiazole rings is 1. The van der Waals surface area contributed by atoms with Crippen LogP contribution >= 0.6 is 11.3 Å². The average Bonchev–Trinajstić information content (AvgIpc) is 2.91. The normalized spacial score (nSPS) is 11.1. The summed E-state index contributed by atoms with van der Waals surface area (Å²) in [6.07, 6.45) is 4.03. The molecule has 124 valence electrons. The van der Waals surface area contributed by atoms with Crippen LogP contribution in [-0.2, 0) is 0 Å². The van der Waals surface area contributed by atoms with E-state index < -0.39 is 11.6 Å². The lowest BCUT2D eigenvalue weighted by atomic mass is 10.2. The molecule has 1 heterocycles. The molecule has 0 bridgehead atoms. The van der Waals surface area contributed by atoms with Crippen LogP contribution in [0.4, 0.5) is 19.7 Å². The number of nitrogens with zero attached hydrogens (tertiary/aromatic N) is 2. The van der Waals surface area contributed by atoms with Gasteiger partial charge >= 0.3 is 0 Å². The van der Waals surface area contributed by atoms with E-state index in [9.17, 15) is 8.78 Å². The van der Waals surface area contributed by atoms with Gasteiger partial charge in [-0.05, 0) is 18.6 Å². The van der Waals surface area contributed by atoms with Crippen molar-refractivity contribution in [2.24, 2.45) is 5.10 Å². The van der Waals surface area contributed by atoms with Gasteiger partial charge in [0, 0.05) is 10.9 Å². The average molecular weight is 340 g/mol. The van der Waals surface area contributed by atoms with Gasteiger partial charge in [0.1, 0.15) is 5.82 Å². The van der Waals surface area contributed by atoms with Gasteiger partial charge in [0.15, 0.2) is 17.4 Å². The number of nitrogens with one attached hydrogen (secondary N) is 1. The van der Waals surface area contributed by atoms with Crippen molar-refractivity contribution in [1.29, 1.82) is 0 Å². The molecule has 0 spiro atoms. The summed E-state index contributed by atoms with van der Waals surface area (Å²) in [4.78, 5) is 3.94. The van der Waals surface area contributed by atoms with Crippen LogP contribution in [-0.4, -0.2) is 17.8 Å². The molecule has 1 aromatic carbocycles. The minimum Gasteiger partial charge on any atom is -0.488 e. The summed E-state index contributed by atoms with van der Waals surface area (Å²) in [7, 11) is 0. The van der Waals surface area contributed by atoms with Gasteiger partial charge < -0.3 is 10.5 Å². The van der Waals surface area contributed by atoms with Crippen molar-refractivity contribution in [1.82, 2.24) is 4.98 Å². The topological polar surface area (TPSA) is 72.5 Å². The van der Waals surface area contributed by atoms with Gasteiger partial charge in [-0.15, -0.1) is 11.3 Å². The first-order valence-electron chi connectivity index (χ1n) is 7.22. The van der Waals surface area contributed by atoms with E-state index >= 15 is 0 Å². The fraction of sp³-hybridized carbons (Fsp3) is 0.333. The SMILES string of the molecule is CCCCCOc1c(F)cc(C=NNc2nc(N)cs2)cc1F. The number of hydrogen-bond acceptors (Lipinski definition) is 6. The number of nitrogen functional groups attached to an aromatic ring is 1. The second-order valence-corrected chi connectivity index (χ2v) is 5.67. The molecule has 0 unspecified atom stereocenters. The minimum atomic E-state index is -0.749. The number of hydrazone groups is 1. The number of unbranched alkanes of at least 4 members (excludes halogenated alkanes) is 2. The molecular formula is C15H18F2N4OS. The van der Waals surface area contributed by atoms with Crippen LogP contribution in [0.1, 0.15) is 31.7 Å². The summed E-state index contributed by atoms with van der Waals surface area (Å²) in [6.45, 7) is 2.34. The van der Waals surface area contributed by atoms with Crippen molar-refractivity contribution in [3.63, 3.8) is 0 Å². The van der Waals surface area contributed by atoms with Crippen LogP contribution < -0.4 is 15.9 Å². The Hall–Kier alpha value is -2.22. The smallest absolute Gasteiger partial charge is 0.205 e. The number of anilines is 2. The van der Waals surface area contributed by atoms with Gasteiger partial charge in [-0.1, -0.05) is 19.8 Å². The first-order chi connectivity index (χ1) is 11.1. The zero-order valence-corrected chi connectivity index (χ0v) is 13.5. The molecule has 0 saturated heterocycles. The monoisotopic (exact) mass is 340 g/mol. The summed E-state index contributed by atoms with van der Waals surface area (Å²) in [6, 6.07) is 2.33. The molecule has 0 aliphatic rings. The lowest BCUT2D eigenvalue weighted by molar-refractivity contribution is 0.276. The van der Waals surface area contributed by atoms with E-state index in [1.807, 2.05) is 6.92 Å². The number of benzene rings is 1. The zero-order valence-electron chi connectivity index (χ0n) is 12.7. The van der Waals surface area contributed by atoms with Crippen molar-refractivity contribution >= 4 is 28.5 Å². The Kier molecular flexibility index (Phi) is 6.28. The molecule has 5 nitrogen and oxygen atoms in total. The van der Waals surface area contributed by atoms with Crippen molar-refractivity contribution in [3.05, 3.63) is 34.7 Å².